The molecule has 0 radical (unpaired) electrons. The molecule has 52 heavy (non-hydrogen) atoms. The SMILES string of the molecule is CC(C)(O/N=C(\C(=O)NC1C(=O)N(S(=O)(=O)O)[C@H]1CNC(=O)c1cc([C@@H]2CCN(C(=O)c3cc(=O)c(O)cn3O)C2)no1)c1csc(N)n1)C(=O)O. The van der Waals surface area contributed by atoms with Crippen LogP contribution >= 0.6 is 11.3 Å². The van der Waals surface area contributed by atoms with E-state index >= 15 is 0 Å². The van der Waals surface area contributed by atoms with Gasteiger partial charge in [-0.25, -0.2) is 14.1 Å². The summed E-state index contributed by atoms with van der Waals surface area (Å²) in [4.78, 5) is 85.4. The number of thiazole rings is 1. The van der Waals surface area contributed by atoms with Crippen LogP contribution in [0.3, 0.4) is 0 Å². The Morgan fingerprint density at radius 3 is 2.58 bits per heavy atom. The highest BCUT2D eigenvalue weighted by Gasteiger charge is 2.54. The molecule has 23 nitrogen and oxygen atoms in total. The van der Waals surface area contributed by atoms with Gasteiger partial charge in [-0.05, 0) is 20.3 Å². The van der Waals surface area contributed by atoms with Crippen LogP contribution in [0.2, 0.25) is 0 Å². The van der Waals surface area contributed by atoms with Crippen LogP contribution in [0.4, 0.5) is 5.13 Å². The van der Waals surface area contributed by atoms with Gasteiger partial charge in [-0.1, -0.05) is 10.3 Å². The zero-order valence-electron chi connectivity index (χ0n) is 26.8. The molecule has 278 valence electrons. The summed E-state index contributed by atoms with van der Waals surface area (Å²) in [5.41, 5.74) is 1.91. The highest BCUT2D eigenvalue weighted by molar-refractivity contribution is 7.84. The van der Waals surface area contributed by atoms with Gasteiger partial charge in [0.25, 0.3) is 23.6 Å². The number of nitrogen functional groups attached to an aromatic ring is 1. The Kier molecular flexibility index (Phi) is 9.95. The maximum absolute atomic E-state index is 13.3. The quantitative estimate of drug-likeness (QED) is 0.0343. The van der Waals surface area contributed by atoms with Crippen LogP contribution < -0.4 is 21.8 Å². The van der Waals surface area contributed by atoms with Crippen LogP contribution in [0, 0.1) is 0 Å². The Morgan fingerprint density at radius 1 is 1.23 bits per heavy atom. The molecule has 3 atom stereocenters. The average molecular weight is 768 g/mol. The molecule has 3 aromatic heterocycles. The number of nitrogens with two attached hydrogens (primary N) is 1. The van der Waals surface area contributed by atoms with E-state index in [9.17, 15) is 57.2 Å². The smallest absolute Gasteiger partial charge is 0.362 e. The van der Waals surface area contributed by atoms with Gasteiger partial charge >= 0.3 is 16.3 Å². The largest absolute Gasteiger partial charge is 0.503 e. The molecule has 2 aliphatic rings. The highest BCUT2D eigenvalue weighted by Crippen LogP contribution is 2.28. The van der Waals surface area contributed by atoms with Crippen molar-refractivity contribution in [2.75, 3.05) is 25.4 Å². The van der Waals surface area contributed by atoms with E-state index in [1.807, 2.05) is 0 Å². The molecule has 25 heteroatoms. The van der Waals surface area contributed by atoms with Crippen molar-refractivity contribution in [3.8, 4) is 5.75 Å². The third-order valence-corrected chi connectivity index (χ3v) is 9.53. The monoisotopic (exact) mass is 767 g/mol. The first-order valence-electron chi connectivity index (χ1n) is 14.8. The summed E-state index contributed by atoms with van der Waals surface area (Å²) in [6.45, 7) is 1.84. The number of carbonyl (C=O) groups excluding carboxylic acids is 4. The first-order chi connectivity index (χ1) is 24.3. The Hall–Kier alpha value is -6.08. The number of aliphatic carboxylic acids is 1. The van der Waals surface area contributed by atoms with Gasteiger partial charge in [0.05, 0.1) is 17.9 Å². The van der Waals surface area contributed by atoms with Crippen molar-refractivity contribution in [1.82, 2.24) is 34.7 Å². The molecule has 0 aliphatic carbocycles. The van der Waals surface area contributed by atoms with Gasteiger partial charge in [0, 0.05) is 43.1 Å². The molecule has 8 N–H and O–H groups in total. The number of amides is 4. The summed E-state index contributed by atoms with van der Waals surface area (Å²) in [5, 5.41) is 42.0. The lowest BCUT2D eigenvalue weighted by Gasteiger charge is -2.44. The summed E-state index contributed by atoms with van der Waals surface area (Å²) in [5.74, 6) is -7.12. The summed E-state index contributed by atoms with van der Waals surface area (Å²) in [7, 11) is -5.18. The lowest BCUT2D eigenvalue weighted by Crippen LogP contribution is -2.74. The fourth-order valence-electron chi connectivity index (χ4n) is 5.06. The Bertz CT molecular complexity index is 2160. The number of oxime groups is 1. The second-order valence-electron chi connectivity index (χ2n) is 11.9. The summed E-state index contributed by atoms with van der Waals surface area (Å²) in [6, 6.07) is -1.21. The Labute approximate surface area is 295 Å². The van der Waals surface area contributed by atoms with E-state index in [0.29, 0.717) is 17.3 Å². The van der Waals surface area contributed by atoms with Gasteiger partial charge in [0.2, 0.25) is 16.8 Å². The second-order valence-corrected chi connectivity index (χ2v) is 14.0. The van der Waals surface area contributed by atoms with Gasteiger partial charge in [-0.3, -0.25) is 28.5 Å². The topological polar surface area (TPSA) is 339 Å². The number of nitrogens with one attached hydrogen (secondary N) is 2. The molecule has 0 bridgehead atoms. The molecule has 0 saturated carbocycles. The average Bonchev–Trinajstić information content (AvgIpc) is 3.84. The zero-order valence-corrected chi connectivity index (χ0v) is 28.5. The third kappa shape index (κ3) is 7.49. The predicted molar refractivity (Wildman–Crippen MR) is 172 cm³/mol. The number of pyridine rings is 1. The Balaban J connectivity index is 1.26. The number of aromatic nitrogens is 3. The van der Waals surface area contributed by atoms with E-state index in [4.69, 9.17) is 15.1 Å². The van der Waals surface area contributed by atoms with Gasteiger partial charge in [0.1, 0.15) is 17.4 Å². The number of carboxylic acids is 1. The molecule has 3 aromatic rings. The molecule has 2 fully saturated rings. The molecule has 1 unspecified atom stereocenters. The molecule has 2 saturated heterocycles. The minimum absolute atomic E-state index is 0.00689. The molecular formula is C27H29N9O14S2. The van der Waals surface area contributed by atoms with E-state index in [1.165, 1.54) is 16.3 Å². The number of β-lactam (4-membered cyclic amide) rings is 1. The molecule has 5 rings (SSSR count). The van der Waals surface area contributed by atoms with E-state index in [0.717, 1.165) is 31.3 Å². The van der Waals surface area contributed by atoms with Crippen molar-refractivity contribution in [2.45, 2.75) is 43.9 Å². The fraction of sp³-hybridized carbons (Fsp3) is 0.370. The lowest BCUT2D eigenvalue weighted by molar-refractivity contribution is -0.161. The van der Waals surface area contributed by atoms with Gasteiger partial charge in [-0.15, -0.1) is 11.3 Å². The first kappa shape index (κ1) is 37.2. The normalized spacial score (nSPS) is 19.2. The number of likely N-dealkylation sites (tertiary alicyclic amines) is 1. The number of aromatic hydroxyl groups is 1. The number of hydrogen-bond donors (Lipinski definition) is 7. The van der Waals surface area contributed by atoms with Crippen LogP contribution in [0.5, 0.6) is 5.75 Å². The third-order valence-electron chi connectivity index (χ3n) is 7.91. The first-order valence-corrected chi connectivity index (χ1v) is 17.1. The van der Waals surface area contributed by atoms with Crippen molar-refractivity contribution in [2.24, 2.45) is 5.16 Å². The van der Waals surface area contributed by atoms with Gasteiger partial charge in [-0.2, -0.15) is 13.1 Å². The molecule has 4 amide bonds. The number of anilines is 1. The van der Waals surface area contributed by atoms with Crippen molar-refractivity contribution >= 4 is 62.1 Å². The predicted octanol–water partition coefficient (Wildman–Crippen LogP) is -2.04. The number of carbonyl (C=O) groups is 5. The van der Waals surface area contributed by atoms with E-state index in [-0.39, 0.29) is 39.7 Å². The van der Waals surface area contributed by atoms with Crippen LogP contribution in [-0.4, -0.2) is 125 Å². The minimum Gasteiger partial charge on any atom is -0.503 e. The maximum Gasteiger partial charge on any atom is 0.362 e. The maximum atomic E-state index is 13.3. The zero-order chi connectivity index (χ0) is 38.3. The Morgan fingerprint density at radius 2 is 1.94 bits per heavy atom. The summed E-state index contributed by atoms with van der Waals surface area (Å²) >= 11 is 0.893. The van der Waals surface area contributed by atoms with Crippen molar-refractivity contribution < 1.29 is 61.7 Å². The van der Waals surface area contributed by atoms with Crippen LogP contribution in [-0.2, 0) is 29.5 Å². The van der Waals surface area contributed by atoms with Crippen LogP contribution in [0.1, 0.15) is 58.6 Å². The minimum atomic E-state index is -5.18. The number of hydrogen-bond acceptors (Lipinski definition) is 17. The van der Waals surface area contributed by atoms with E-state index in [1.54, 1.807) is 0 Å². The fourth-order valence-corrected chi connectivity index (χ4v) is 6.49. The van der Waals surface area contributed by atoms with E-state index < -0.39 is 92.6 Å². The molecule has 0 aromatic carbocycles. The van der Waals surface area contributed by atoms with Gasteiger partial charge in [0.15, 0.2) is 16.6 Å². The molecule has 2 aliphatic heterocycles. The number of nitrogens with zero attached hydrogens (tertiary/aromatic N) is 6. The van der Waals surface area contributed by atoms with Crippen LogP contribution in [0.25, 0.3) is 0 Å². The van der Waals surface area contributed by atoms with Crippen molar-refractivity contribution in [3.05, 3.63) is 56.8 Å². The van der Waals surface area contributed by atoms with E-state index in [2.05, 4.69) is 25.9 Å². The number of carboxylic acid groups (broad SMARTS) is 1. The molecule has 0 spiro atoms. The standard InChI is InChI=1S/C27H29N9O14S2/c1-27(2,25(43)44)50-33-19(13-10-51-26(28)30-13)22(40)31-20-15(36(24(20)42)52(46,47)48)7-29-21(39)18-5-12(32-49-18)11-3-4-34(8-11)23(41)14-6-16(37)17(38)9-35(14)45/h5-6,9-11,15,20,38,45H,3-4,7-8H2,1-2H3,(H2,28,30)(H,29,39)(H,31,40)(H,43,44)(H,46,47,48)/b33-19-/t11-,15+,20?/m1/s1. The van der Waals surface area contributed by atoms with Crippen molar-refractivity contribution in [1.29, 1.82) is 0 Å². The highest BCUT2D eigenvalue weighted by atomic mass is 32.2. The van der Waals surface area contributed by atoms with Crippen molar-refractivity contribution in [3.63, 3.8) is 0 Å². The van der Waals surface area contributed by atoms with Gasteiger partial charge < -0.3 is 46.0 Å². The molecular weight excluding hydrogens is 738 g/mol. The molecule has 5 heterocycles. The summed E-state index contributed by atoms with van der Waals surface area (Å²) in [6.07, 6.45) is 1.03. The summed E-state index contributed by atoms with van der Waals surface area (Å²) < 4.78 is 39.1. The second kappa shape index (κ2) is 13.9. The lowest BCUT2D eigenvalue weighted by atomic mass is 9.98. The number of rotatable bonds is 12. The van der Waals surface area contributed by atoms with Crippen LogP contribution in [0.15, 0.2) is 38.2 Å².